The summed E-state index contributed by atoms with van der Waals surface area (Å²) < 4.78 is 75.1. The van der Waals surface area contributed by atoms with E-state index in [-0.39, 0.29) is 39.8 Å². The molecule has 9 nitrogen and oxygen atoms in total. The molecule has 2 aromatic carbocycles. The Morgan fingerprint density at radius 1 is 1.27 bits per heavy atom. The molecular weight excluding hydrogens is 515 g/mol. The smallest absolute Gasteiger partial charge is 0.430 e. The van der Waals surface area contributed by atoms with E-state index in [0.29, 0.717) is 0 Å². The zero-order valence-electron chi connectivity index (χ0n) is 19.5. The van der Waals surface area contributed by atoms with E-state index >= 15 is 0 Å². The van der Waals surface area contributed by atoms with Gasteiger partial charge >= 0.3 is 18.4 Å². The second kappa shape index (κ2) is 10.4. The maximum atomic E-state index is 13.3. The number of halogens is 3. The number of carbonyl (C=O) groups excluding carboxylic acids is 2. The van der Waals surface area contributed by atoms with Gasteiger partial charge < -0.3 is 14.8 Å². The standard InChI is InChI=1S/C24H20F3N3O6S/c1-4-10-35-23(32)36-21-14(2)30(17-7-5-6-16(12-17)24(25,26)27)22(31)29-20(21)18-9-8-15(13-28)11-19(18)37(3,33)34/h4-9,11-12,20H,1,10H2,2-3H3,(H,29,31)/t20-/m0/s1. The van der Waals surface area contributed by atoms with E-state index in [4.69, 9.17) is 9.47 Å². The third-order valence-corrected chi connectivity index (χ3v) is 6.37. The van der Waals surface area contributed by atoms with Crippen molar-refractivity contribution in [3.05, 3.63) is 83.3 Å². The number of nitrogens with zero attached hydrogens (tertiary/aromatic N) is 2. The van der Waals surface area contributed by atoms with E-state index in [2.05, 4.69) is 11.9 Å². The van der Waals surface area contributed by atoms with Crippen LogP contribution in [-0.2, 0) is 25.5 Å². The maximum Gasteiger partial charge on any atom is 0.513 e. The van der Waals surface area contributed by atoms with E-state index in [1.807, 2.05) is 6.07 Å². The fraction of sp³-hybridized carbons (Fsp3) is 0.208. The Hall–Kier alpha value is -4.31. The molecule has 0 fully saturated rings. The molecule has 1 N–H and O–H groups in total. The first-order chi connectivity index (χ1) is 17.3. The van der Waals surface area contributed by atoms with Gasteiger partial charge in [0.15, 0.2) is 15.6 Å². The van der Waals surface area contributed by atoms with Gasteiger partial charge in [0.2, 0.25) is 0 Å². The molecule has 0 radical (unpaired) electrons. The Labute approximate surface area is 210 Å². The number of carbonyl (C=O) groups is 2. The molecule has 194 valence electrons. The number of alkyl halides is 3. The summed E-state index contributed by atoms with van der Waals surface area (Å²) in [6.07, 6.45) is -3.76. The molecule has 0 bridgehead atoms. The number of sulfone groups is 1. The largest absolute Gasteiger partial charge is 0.513 e. The number of rotatable bonds is 6. The summed E-state index contributed by atoms with van der Waals surface area (Å²) in [5.74, 6) is -0.305. The van der Waals surface area contributed by atoms with Gasteiger partial charge in [-0.15, -0.1) is 0 Å². The van der Waals surface area contributed by atoms with Crippen molar-refractivity contribution in [2.45, 2.75) is 24.0 Å². The minimum Gasteiger partial charge on any atom is -0.430 e. The summed E-state index contributed by atoms with van der Waals surface area (Å²) in [5, 5.41) is 11.7. The van der Waals surface area contributed by atoms with Crippen LogP contribution in [-0.4, -0.2) is 33.5 Å². The number of urea groups is 1. The first-order valence-corrected chi connectivity index (χ1v) is 12.3. The molecule has 0 aromatic heterocycles. The molecule has 0 aliphatic carbocycles. The van der Waals surface area contributed by atoms with Gasteiger partial charge in [-0.25, -0.2) is 18.0 Å². The van der Waals surface area contributed by atoms with Gasteiger partial charge in [0.25, 0.3) is 0 Å². The lowest BCUT2D eigenvalue weighted by atomic mass is 10.00. The van der Waals surface area contributed by atoms with Gasteiger partial charge in [-0.3, -0.25) is 4.90 Å². The molecular formula is C24H20F3N3O6S. The van der Waals surface area contributed by atoms with Crippen LogP contribution in [0.1, 0.15) is 29.7 Å². The van der Waals surface area contributed by atoms with E-state index < -0.39 is 39.8 Å². The van der Waals surface area contributed by atoms with Crippen LogP contribution in [0.3, 0.4) is 0 Å². The van der Waals surface area contributed by atoms with Crippen molar-refractivity contribution < 1.29 is 40.7 Å². The molecule has 2 aromatic rings. The lowest BCUT2D eigenvalue weighted by Crippen LogP contribution is -2.47. The third-order valence-electron chi connectivity index (χ3n) is 5.22. The van der Waals surface area contributed by atoms with Gasteiger partial charge in [0.05, 0.1) is 33.5 Å². The van der Waals surface area contributed by atoms with Crippen molar-refractivity contribution in [2.75, 3.05) is 17.8 Å². The monoisotopic (exact) mass is 535 g/mol. The van der Waals surface area contributed by atoms with E-state index in [1.165, 1.54) is 31.2 Å². The molecule has 1 heterocycles. The fourth-order valence-electron chi connectivity index (χ4n) is 3.62. The Kier molecular flexibility index (Phi) is 7.63. The molecule has 1 aliphatic heterocycles. The zero-order valence-corrected chi connectivity index (χ0v) is 20.3. The number of nitriles is 1. The van der Waals surface area contributed by atoms with Crippen LogP contribution in [0.25, 0.3) is 0 Å². The number of ether oxygens (including phenoxy) is 2. The number of anilines is 1. The number of benzene rings is 2. The molecule has 3 rings (SSSR count). The molecule has 1 atom stereocenters. The van der Waals surface area contributed by atoms with Crippen molar-refractivity contribution >= 4 is 27.7 Å². The molecule has 0 spiro atoms. The highest BCUT2D eigenvalue weighted by atomic mass is 32.2. The summed E-state index contributed by atoms with van der Waals surface area (Å²) >= 11 is 0. The highest BCUT2D eigenvalue weighted by Crippen LogP contribution is 2.38. The van der Waals surface area contributed by atoms with Crippen LogP contribution in [0.15, 0.2) is 71.5 Å². The van der Waals surface area contributed by atoms with Crippen molar-refractivity contribution in [1.82, 2.24) is 5.32 Å². The van der Waals surface area contributed by atoms with Crippen LogP contribution in [0.5, 0.6) is 0 Å². The van der Waals surface area contributed by atoms with Crippen LogP contribution in [0, 0.1) is 11.3 Å². The Morgan fingerprint density at radius 3 is 2.57 bits per heavy atom. The summed E-state index contributed by atoms with van der Waals surface area (Å²) in [6.45, 7) is 4.49. The van der Waals surface area contributed by atoms with E-state index in [0.717, 1.165) is 35.4 Å². The lowest BCUT2D eigenvalue weighted by molar-refractivity contribution is -0.137. The predicted octanol–water partition coefficient (Wildman–Crippen LogP) is 4.82. The highest BCUT2D eigenvalue weighted by Gasteiger charge is 2.39. The SMILES string of the molecule is C=CCOC(=O)OC1=C(C)N(c2cccc(C(F)(F)F)c2)C(=O)N[C@H]1c1ccc(C#N)cc1S(C)(=O)=O. The van der Waals surface area contributed by atoms with Gasteiger partial charge in [0.1, 0.15) is 12.6 Å². The summed E-state index contributed by atoms with van der Waals surface area (Å²) in [5.41, 5.74) is -1.33. The third kappa shape index (κ3) is 5.92. The Morgan fingerprint density at radius 2 is 1.97 bits per heavy atom. The first-order valence-electron chi connectivity index (χ1n) is 10.5. The maximum absolute atomic E-state index is 13.3. The van der Waals surface area contributed by atoms with Crippen molar-refractivity contribution in [2.24, 2.45) is 0 Å². The van der Waals surface area contributed by atoms with Gasteiger partial charge in [0, 0.05) is 11.8 Å². The average molecular weight is 536 g/mol. The van der Waals surface area contributed by atoms with E-state index in [9.17, 15) is 36.4 Å². The Bertz CT molecular complexity index is 1440. The van der Waals surface area contributed by atoms with Crippen LogP contribution in [0.4, 0.5) is 28.4 Å². The lowest BCUT2D eigenvalue weighted by Gasteiger charge is -2.35. The molecule has 0 saturated carbocycles. The summed E-state index contributed by atoms with van der Waals surface area (Å²) in [4.78, 5) is 26.0. The summed E-state index contributed by atoms with van der Waals surface area (Å²) in [6, 6.07) is 7.11. The predicted molar refractivity (Wildman–Crippen MR) is 125 cm³/mol. The van der Waals surface area contributed by atoms with Crippen LogP contribution >= 0.6 is 0 Å². The average Bonchev–Trinajstić information content (AvgIpc) is 2.83. The highest BCUT2D eigenvalue weighted by molar-refractivity contribution is 7.90. The van der Waals surface area contributed by atoms with Crippen molar-refractivity contribution in [3.63, 3.8) is 0 Å². The molecule has 1 aliphatic rings. The van der Waals surface area contributed by atoms with Crippen LogP contribution < -0.4 is 10.2 Å². The van der Waals surface area contributed by atoms with Gasteiger partial charge in [-0.2, -0.15) is 18.4 Å². The number of hydrogen-bond donors (Lipinski definition) is 1. The minimum atomic E-state index is -4.69. The van der Waals surface area contributed by atoms with Gasteiger partial charge in [-0.05, 0) is 37.3 Å². The second-order valence-corrected chi connectivity index (χ2v) is 9.79. The van der Waals surface area contributed by atoms with E-state index in [1.54, 1.807) is 0 Å². The Balaban J connectivity index is 2.22. The second-order valence-electron chi connectivity index (χ2n) is 7.80. The van der Waals surface area contributed by atoms with Crippen molar-refractivity contribution in [1.29, 1.82) is 5.26 Å². The molecule has 13 heteroatoms. The van der Waals surface area contributed by atoms with Crippen LogP contribution in [0.2, 0.25) is 0 Å². The quantitative estimate of drug-likeness (QED) is 0.415. The number of allylic oxidation sites excluding steroid dienone is 1. The summed E-state index contributed by atoms with van der Waals surface area (Å²) in [7, 11) is -3.95. The molecule has 2 amide bonds. The minimum absolute atomic E-state index is 0.0189. The fourth-order valence-corrected chi connectivity index (χ4v) is 4.57. The molecule has 37 heavy (non-hydrogen) atoms. The number of nitrogens with one attached hydrogen (secondary N) is 1. The normalized spacial score (nSPS) is 16.1. The zero-order chi connectivity index (χ0) is 27.5. The molecule has 0 unspecified atom stereocenters. The topological polar surface area (TPSA) is 126 Å². The number of amides is 2. The van der Waals surface area contributed by atoms with Crippen molar-refractivity contribution in [3.8, 4) is 6.07 Å². The molecule has 0 saturated heterocycles. The number of hydrogen-bond acceptors (Lipinski definition) is 7. The van der Waals surface area contributed by atoms with Gasteiger partial charge in [-0.1, -0.05) is 24.8 Å². The first kappa shape index (κ1) is 27.3.